The minimum Gasteiger partial charge on any atom is -0.492 e. The molecule has 0 saturated carbocycles. The van der Waals surface area contributed by atoms with Crippen LogP contribution in [-0.4, -0.2) is 28.8 Å². The zero-order valence-corrected chi connectivity index (χ0v) is 15.2. The number of aromatic nitrogens is 2. The first kappa shape index (κ1) is 18.6. The van der Waals surface area contributed by atoms with Crippen molar-refractivity contribution < 1.29 is 13.9 Å². The lowest BCUT2D eigenvalue weighted by atomic mass is 10.1. The van der Waals surface area contributed by atoms with Crippen molar-refractivity contribution >= 4 is 5.91 Å². The van der Waals surface area contributed by atoms with Gasteiger partial charge in [0.2, 0.25) is 0 Å². The Bertz CT molecular complexity index is 893. The fourth-order valence-electron chi connectivity index (χ4n) is 2.85. The average molecular weight is 367 g/mol. The molecule has 0 spiro atoms. The second-order valence-electron chi connectivity index (χ2n) is 6.06. The van der Waals surface area contributed by atoms with Gasteiger partial charge in [-0.15, -0.1) is 0 Å². The number of nitrogens with one attached hydrogen (secondary N) is 1. The SMILES string of the molecule is CCc1c(C(=O)NCCOc2cccc(F)c2)cnn1Cc1ccccc1. The summed E-state index contributed by atoms with van der Waals surface area (Å²) in [6.07, 6.45) is 2.31. The van der Waals surface area contributed by atoms with Crippen molar-refractivity contribution in [3.05, 3.63) is 83.4 Å². The summed E-state index contributed by atoms with van der Waals surface area (Å²) in [6, 6.07) is 15.9. The van der Waals surface area contributed by atoms with Gasteiger partial charge in [0.1, 0.15) is 18.2 Å². The molecule has 27 heavy (non-hydrogen) atoms. The van der Waals surface area contributed by atoms with Crippen LogP contribution < -0.4 is 10.1 Å². The summed E-state index contributed by atoms with van der Waals surface area (Å²) in [5.41, 5.74) is 2.59. The molecule has 5 nitrogen and oxygen atoms in total. The fourth-order valence-corrected chi connectivity index (χ4v) is 2.85. The summed E-state index contributed by atoms with van der Waals surface area (Å²) >= 11 is 0. The molecule has 0 atom stereocenters. The van der Waals surface area contributed by atoms with Crippen LogP contribution in [0, 0.1) is 5.82 Å². The molecule has 0 aliphatic heterocycles. The molecule has 2 aromatic carbocycles. The van der Waals surface area contributed by atoms with Crippen molar-refractivity contribution in [1.82, 2.24) is 15.1 Å². The molecule has 0 fully saturated rings. The van der Waals surface area contributed by atoms with Crippen molar-refractivity contribution in [2.45, 2.75) is 19.9 Å². The molecular weight excluding hydrogens is 345 g/mol. The second kappa shape index (κ2) is 8.98. The van der Waals surface area contributed by atoms with E-state index in [9.17, 15) is 9.18 Å². The standard InChI is InChI=1S/C21H22FN3O2/c1-2-20-19(14-24-25(20)15-16-7-4-3-5-8-16)21(26)23-11-12-27-18-10-6-9-17(22)13-18/h3-10,13-14H,2,11-12,15H2,1H3,(H,23,26). The van der Waals surface area contributed by atoms with E-state index in [0.29, 0.717) is 30.8 Å². The molecule has 0 unspecified atom stereocenters. The van der Waals surface area contributed by atoms with Gasteiger partial charge < -0.3 is 10.1 Å². The largest absolute Gasteiger partial charge is 0.492 e. The second-order valence-corrected chi connectivity index (χ2v) is 6.06. The van der Waals surface area contributed by atoms with Gasteiger partial charge >= 0.3 is 0 Å². The van der Waals surface area contributed by atoms with Crippen LogP contribution in [0.1, 0.15) is 28.5 Å². The molecule has 0 bridgehead atoms. The Morgan fingerprint density at radius 3 is 2.74 bits per heavy atom. The molecule has 0 saturated heterocycles. The van der Waals surface area contributed by atoms with E-state index < -0.39 is 0 Å². The van der Waals surface area contributed by atoms with Crippen LogP contribution in [0.5, 0.6) is 5.75 Å². The third-order valence-electron chi connectivity index (χ3n) is 4.16. The highest BCUT2D eigenvalue weighted by molar-refractivity contribution is 5.95. The van der Waals surface area contributed by atoms with Gasteiger partial charge in [-0.3, -0.25) is 9.48 Å². The molecule has 3 aromatic rings. The van der Waals surface area contributed by atoms with Crippen molar-refractivity contribution in [2.24, 2.45) is 0 Å². The number of carbonyl (C=O) groups excluding carboxylic acids is 1. The zero-order valence-electron chi connectivity index (χ0n) is 15.2. The number of ether oxygens (including phenoxy) is 1. The molecular formula is C21H22FN3O2. The highest BCUT2D eigenvalue weighted by atomic mass is 19.1. The van der Waals surface area contributed by atoms with Crippen molar-refractivity contribution in [2.75, 3.05) is 13.2 Å². The number of hydrogen-bond acceptors (Lipinski definition) is 3. The molecule has 0 aliphatic carbocycles. The summed E-state index contributed by atoms with van der Waals surface area (Å²) in [7, 11) is 0. The monoisotopic (exact) mass is 367 g/mol. The van der Waals surface area contributed by atoms with Gasteiger partial charge in [0.25, 0.3) is 5.91 Å². The van der Waals surface area contributed by atoms with E-state index in [-0.39, 0.29) is 18.3 Å². The third kappa shape index (κ3) is 4.94. The molecule has 6 heteroatoms. The highest BCUT2D eigenvalue weighted by Gasteiger charge is 2.16. The predicted molar refractivity (Wildman–Crippen MR) is 101 cm³/mol. The summed E-state index contributed by atoms with van der Waals surface area (Å²) in [5, 5.41) is 7.20. The lowest BCUT2D eigenvalue weighted by Gasteiger charge is -2.09. The number of carbonyl (C=O) groups is 1. The maximum Gasteiger partial charge on any atom is 0.254 e. The van der Waals surface area contributed by atoms with Gasteiger partial charge in [0.05, 0.1) is 30.5 Å². The average Bonchev–Trinajstić information content (AvgIpc) is 3.08. The van der Waals surface area contributed by atoms with E-state index in [2.05, 4.69) is 10.4 Å². The Kier molecular flexibility index (Phi) is 6.20. The highest BCUT2D eigenvalue weighted by Crippen LogP contribution is 2.13. The van der Waals surface area contributed by atoms with Crippen LogP contribution in [0.25, 0.3) is 0 Å². The Labute approximate surface area is 157 Å². The van der Waals surface area contributed by atoms with E-state index in [0.717, 1.165) is 11.3 Å². The summed E-state index contributed by atoms with van der Waals surface area (Å²) < 4.78 is 20.4. The molecule has 1 aromatic heterocycles. The van der Waals surface area contributed by atoms with Crippen LogP contribution >= 0.6 is 0 Å². The number of benzene rings is 2. The molecule has 1 amide bonds. The Balaban J connectivity index is 1.56. The van der Waals surface area contributed by atoms with E-state index in [1.54, 1.807) is 18.3 Å². The summed E-state index contributed by atoms with van der Waals surface area (Å²) in [6.45, 7) is 3.21. The van der Waals surface area contributed by atoms with Gasteiger partial charge in [0.15, 0.2) is 0 Å². The van der Waals surface area contributed by atoms with E-state index in [4.69, 9.17) is 4.74 Å². The number of hydrogen-bond donors (Lipinski definition) is 1. The Morgan fingerprint density at radius 2 is 2.00 bits per heavy atom. The number of nitrogens with zero attached hydrogens (tertiary/aromatic N) is 2. The number of amides is 1. The van der Waals surface area contributed by atoms with Crippen LogP contribution in [-0.2, 0) is 13.0 Å². The first-order chi connectivity index (χ1) is 13.2. The molecule has 1 N–H and O–H groups in total. The zero-order chi connectivity index (χ0) is 19.1. The lowest BCUT2D eigenvalue weighted by molar-refractivity contribution is 0.0946. The lowest BCUT2D eigenvalue weighted by Crippen LogP contribution is -2.28. The molecule has 3 rings (SSSR count). The quantitative estimate of drug-likeness (QED) is 0.621. The topological polar surface area (TPSA) is 56.1 Å². The summed E-state index contributed by atoms with van der Waals surface area (Å²) in [4.78, 5) is 12.5. The van der Waals surface area contributed by atoms with Crippen LogP contribution in [0.3, 0.4) is 0 Å². The van der Waals surface area contributed by atoms with E-state index >= 15 is 0 Å². The van der Waals surface area contributed by atoms with Gasteiger partial charge in [0, 0.05) is 6.07 Å². The minimum absolute atomic E-state index is 0.186. The van der Waals surface area contributed by atoms with Crippen molar-refractivity contribution in [3.8, 4) is 5.75 Å². The summed E-state index contributed by atoms with van der Waals surface area (Å²) in [5.74, 6) is -0.0989. The third-order valence-corrected chi connectivity index (χ3v) is 4.16. The van der Waals surface area contributed by atoms with Gasteiger partial charge in [-0.2, -0.15) is 5.10 Å². The van der Waals surface area contributed by atoms with Crippen molar-refractivity contribution in [1.29, 1.82) is 0 Å². The van der Waals surface area contributed by atoms with Crippen LogP contribution in [0.4, 0.5) is 4.39 Å². The van der Waals surface area contributed by atoms with E-state index in [1.165, 1.54) is 12.1 Å². The van der Waals surface area contributed by atoms with E-state index in [1.807, 2.05) is 41.9 Å². The van der Waals surface area contributed by atoms with Gasteiger partial charge in [-0.1, -0.05) is 43.3 Å². The maximum absolute atomic E-state index is 13.1. The molecule has 0 aliphatic rings. The normalized spacial score (nSPS) is 10.6. The van der Waals surface area contributed by atoms with Gasteiger partial charge in [-0.25, -0.2) is 4.39 Å². The number of rotatable bonds is 8. The van der Waals surface area contributed by atoms with Crippen LogP contribution in [0.2, 0.25) is 0 Å². The smallest absolute Gasteiger partial charge is 0.254 e. The molecule has 140 valence electrons. The molecule has 0 radical (unpaired) electrons. The Hall–Kier alpha value is -3.15. The predicted octanol–water partition coefficient (Wildman–Crippen LogP) is 3.44. The first-order valence-corrected chi connectivity index (χ1v) is 8.92. The van der Waals surface area contributed by atoms with Crippen molar-refractivity contribution in [3.63, 3.8) is 0 Å². The number of halogens is 1. The fraction of sp³-hybridized carbons (Fsp3) is 0.238. The molecule has 1 heterocycles. The van der Waals surface area contributed by atoms with Gasteiger partial charge in [-0.05, 0) is 24.1 Å². The van der Waals surface area contributed by atoms with Crippen LogP contribution in [0.15, 0.2) is 60.8 Å². The minimum atomic E-state index is -0.352. The Morgan fingerprint density at radius 1 is 1.19 bits per heavy atom. The first-order valence-electron chi connectivity index (χ1n) is 8.92. The maximum atomic E-state index is 13.1.